The summed E-state index contributed by atoms with van der Waals surface area (Å²) >= 11 is 0. The second kappa shape index (κ2) is 7.61. The summed E-state index contributed by atoms with van der Waals surface area (Å²) in [5.41, 5.74) is 3.52. The lowest BCUT2D eigenvalue weighted by molar-refractivity contribution is 0.409. The molecule has 1 rings (SSSR count). The van der Waals surface area contributed by atoms with Gasteiger partial charge in [0, 0.05) is 0 Å². The minimum absolute atomic E-state index is 0.387. The number of unbranched alkanes of at least 4 members (excludes halogenated alkanes) is 4. The Labute approximate surface area is 114 Å². The van der Waals surface area contributed by atoms with Gasteiger partial charge in [-0.1, -0.05) is 77.6 Å². The average Bonchev–Trinajstić information content (AvgIpc) is 2.29. The standard InChI is InChI=1S/C18H30/c1-5-6-7-8-9-12-16-13-10-11-14-17(16)15-18(2,3)4/h10-11,13-14H,5-9,12,15H2,1-4H3. The molecule has 0 heterocycles. The fourth-order valence-corrected chi connectivity index (χ4v) is 2.46. The van der Waals surface area contributed by atoms with Crippen LogP contribution >= 0.6 is 0 Å². The van der Waals surface area contributed by atoms with E-state index in [0.29, 0.717) is 5.41 Å². The molecule has 0 unspecified atom stereocenters. The molecule has 0 saturated carbocycles. The van der Waals surface area contributed by atoms with Crippen LogP contribution in [-0.4, -0.2) is 0 Å². The molecule has 18 heavy (non-hydrogen) atoms. The lowest BCUT2D eigenvalue weighted by atomic mass is 9.85. The Kier molecular flexibility index (Phi) is 6.46. The van der Waals surface area contributed by atoms with Crippen molar-refractivity contribution in [2.45, 2.75) is 72.6 Å². The largest absolute Gasteiger partial charge is 0.0654 e. The Balaban J connectivity index is 2.49. The van der Waals surface area contributed by atoms with Crippen LogP contribution in [0.5, 0.6) is 0 Å². The van der Waals surface area contributed by atoms with E-state index in [1.165, 1.54) is 44.9 Å². The molecular formula is C18H30. The smallest absolute Gasteiger partial charge is 0.0227 e. The maximum absolute atomic E-state index is 2.32. The van der Waals surface area contributed by atoms with Crippen LogP contribution in [0.2, 0.25) is 0 Å². The van der Waals surface area contributed by atoms with Crippen LogP contribution in [0.25, 0.3) is 0 Å². The molecule has 1 aromatic carbocycles. The molecule has 0 amide bonds. The summed E-state index contributed by atoms with van der Waals surface area (Å²) in [6.45, 7) is 9.25. The zero-order valence-electron chi connectivity index (χ0n) is 12.8. The summed E-state index contributed by atoms with van der Waals surface area (Å²) in [6, 6.07) is 9.00. The molecule has 102 valence electrons. The SMILES string of the molecule is CCCCCCCc1ccccc1CC(C)(C)C. The van der Waals surface area contributed by atoms with Gasteiger partial charge in [0.2, 0.25) is 0 Å². The highest BCUT2D eigenvalue weighted by atomic mass is 14.2. The Morgan fingerprint density at radius 1 is 0.833 bits per heavy atom. The normalized spacial score (nSPS) is 11.8. The molecule has 0 atom stereocenters. The zero-order valence-corrected chi connectivity index (χ0v) is 12.8. The van der Waals surface area contributed by atoms with E-state index in [1.54, 1.807) is 11.1 Å². The number of hydrogen-bond donors (Lipinski definition) is 0. The van der Waals surface area contributed by atoms with Gasteiger partial charge < -0.3 is 0 Å². The summed E-state index contributed by atoms with van der Waals surface area (Å²) in [7, 11) is 0. The highest BCUT2D eigenvalue weighted by Crippen LogP contribution is 2.24. The molecule has 0 radical (unpaired) electrons. The van der Waals surface area contributed by atoms with Crippen LogP contribution in [0, 0.1) is 5.41 Å². The number of hydrogen-bond acceptors (Lipinski definition) is 0. The molecule has 0 bridgehead atoms. The minimum atomic E-state index is 0.387. The van der Waals surface area contributed by atoms with Gasteiger partial charge >= 0.3 is 0 Å². The predicted molar refractivity (Wildman–Crippen MR) is 82.1 cm³/mol. The maximum atomic E-state index is 2.32. The first-order valence-corrected chi connectivity index (χ1v) is 7.60. The van der Waals surface area contributed by atoms with E-state index in [1.807, 2.05) is 0 Å². The summed E-state index contributed by atoms with van der Waals surface area (Å²) in [6.07, 6.45) is 9.31. The van der Waals surface area contributed by atoms with Crippen LogP contribution < -0.4 is 0 Å². The lowest BCUT2D eigenvalue weighted by Crippen LogP contribution is -2.11. The molecule has 0 spiro atoms. The number of rotatable bonds is 7. The van der Waals surface area contributed by atoms with Crippen molar-refractivity contribution >= 4 is 0 Å². The van der Waals surface area contributed by atoms with Gasteiger partial charge in [-0.05, 0) is 35.8 Å². The van der Waals surface area contributed by atoms with Gasteiger partial charge in [-0.3, -0.25) is 0 Å². The minimum Gasteiger partial charge on any atom is -0.0654 e. The molecular weight excluding hydrogens is 216 g/mol. The van der Waals surface area contributed by atoms with E-state index < -0.39 is 0 Å². The summed E-state index contributed by atoms with van der Waals surface area (Å²) in [5.74, 6) is 0. The summed E-state index contributed by atoms with van der Waals surface area (Å²) < 4.78 is 0. The van der Waals surface area contributed by atoms with Crippen molar-refractivity contribution in [2.75, 3.05) is 0 Å². The lowest BCUT2D eigenvalue weighted by Gasteiger charge is -2.20. The molecule has 0 fully saturated rings. The van der Waals surface area contributed by atoms with E-state index in [0.717, 1.165) is 0 Å². The zero-order chi connectivity index (χ0) is 13.4. The van der Waals surface area contributed by atoms with Crippen molar-refractivity contribution in [3.63, 3.8) is 0 Å². The second-order valence-electron chi connectivity index (χ2n) is 6.67. The van der Waals surface area contributed by atoms with Crippen molar-refractivity contribution < 1.29 is 0 Å². The molecule has 0 saturated heterocycles. The van der Waals surface area contributed by atoms with Crippen LogP contribution in [-0.2, 0) is 12.8 Å². The third-order valence-corrected chi connectivity index (χ3v) is 3.39. The fraction of sp³-hybridized carbons (Fsp3) is 0.667. The monoisotopic (exact) mass is 246 g/mol. The Hall–Kier alpha value is -0.780. The molecule has 0 aromatic heterocycles. The Morgan fingerprint density at radius 3 is 2.06 bits per heavy atom. The van der Waals surface area contributed by atoms with Crippen LogP contribution in [0.3, 0.4) is 0 Å². The van der Waals surface area contributed by atoms with Crippen molar-refractivity contribution in [1.29, 1.82) is 0 Å². The van der Waals surface area contributed by atoms with E-state index in [4.69, 9.17) is 0 Å². The van der Waals surface area contributed by atoms with Gasteiger partial charge in [-0.2, -0.15) is 0 Å². The van der Waals surface area contributed by atoms with E-state index >= 15 is 0 Å². The van der Waals surface area contributed by atoms with Crippen LogP contribution in [0.15, 0.2) is 24.3 Å². The van der Waals surface area contributed by atoms with E-state index in [2.05, 4.69) is 52.0 Å². The molecule has 0 heteroatoms. The van der Waals surface area contributed by atoms with Gasteiger partial charge in [0.15, 0.2) is 0 Å². The van der Waals surface area contributed by atoms with Crippen molar-refractivity contribution in [3.8, 4) is 0 Å². The maximum Gasteiger partial charge on any atom is -0.0227 e. The average molecular weight is 246 g/mol. The van der Waals surface area contributed by atoms with Crippen molar-refractivity contribution in [1.82, 2.24) is 0 Å². The first-order chi connectivity index (χ1) is 8.53. The molecule has 0 nitrogen and oxygen atoms in total. The first-order valence-electron chi connectivity index (χ1n) is 7.60. The van der Waals surface area contributed by atoms with Crippen LogP contribution in [0.4, 0.5) is 0 Å². The molecule has 1 aromatic rings. The van der Waals surface area contributed by atoms with Crippen molar-refractivity contribution in [2.24, 2.45) is 5.41 Å². The third-order valence-electron chi connectivity index (χ3n) is 3.39. The van der Waals surface area contributed by atoms with E-state index in [9.17, 15) is 0 Å². The molecule has 0 aliphatic rings. The second-order valence-corrected chi connectivity index (χ2v) is 6.67. The van der Waals surface area contributed by atoms with E-state index in [-0.39, 0.29) is 0 Å². The van der Waals surface area contributed by atoms with Crippen molar-refractivity contribution in [3.05, 3.63) is 35.4 Å². The predicted octanol–water partition coefficient (Wildman–Crippen LogP) is 5.79. The first kappa shape index (κ1) is 15.3. The van der Waals surface area contributed by atoms with Gasteiger partial charge in [0.05, 0.1) is 0 Å². The topological polar surface area (TPSA) is 0 Å². The summed E-state index contributed by atoms with van der Waals surface area (Å²) in [4.78, 5) is 0. The van der Waals surface area contributed by atoms with Gasteiger partial charge in [-0.15, -0.1) is 0 Å². The summed E-state index contributed by atoms with van der Waals surface area (Å²) in [5, 5.41) is 0. The highest BCUT2D eigenvalue weighted by Gasteiger charge is 2.13. The molecule has 0 aliphatic carbocycles. The van der Waals surface area contributed by atoms with Gasteiger partial charge in [-0.25, -0.2) is 0 Å². The molecule has 0 N–H and O–H groups in total. The number of aryl methyl sites for hydroxylation is 1. The molecule has 0 aliphatic heterocycles. The Morgan fingerprint density at radius 2 is 1.44 bits per heavy atom. The quantitative estimate of drug-likeness (QED) is 0.534. The number of benzene rings is 1. The third kappa shape index (κ3) is 6.23. The van der Waals surface area contributed by atoms with Gasteiger partial charge in [0.1, 0.15) is 0 Å². The highest BCUT2D eigenvalue weighted by molar-refractivity contribution is 5.28. The Bertz CT molecular complexity index is 330. The van der Waals surface area contributed by atoms with Crippen LogP contribution in [0.1, 0.15) is 70.9 Å². The fourth-order valence-electron chi connectivity index (χ4n) is 2.46. The van der Waals surface area contributed by atoms with Gasteiger partial charge in [0.25, 0.3) is 0 Å².